The first-order chi connectivity index (χ1) is 11.6. The Bertz CT molecular complexity index is 600. The van der Waals surface area contributed by atoms with E-state index in [4.69, 9.17) is 4.74 Å². The van der Waals surface area contributed by atoms with Crippen LogP contribution < -0.4 is 4.90 Å². The summed E-state index contributed by atoms with van der Waals surface area (Å²) in [6.07, 6.45) is 0.930. The molecule has 1 amide bonds. The molecule has 2 rings (SSSR count). The number of ether oxygens (including phenoxy) is 1. The number of nitrogens with zero attached hydrogens (tertiary/aromatic N) is 1. The Hall–Kier alpha value is -1.42. The number of benzene rings is 1. The van der Waals surface area contributed by atoms with Crippen LogP contribution >= 0.6 is 11.8 Å². The number of allylic oxidation sites excluding steroid dienone is 2. The quantitative estimate of drug-likeness (QED) is 0.475. The van der Waals surface area contributed by atoms with E-state index < -0.39 is 5.60 Å². The topological polar surface area (TPSA) is 29.5 Å². The molecule has 0 radical (unpaired) electrons. The lowest BCUT2D eigenvalue weighted by Crippen LogP contribution is -2.37. The van der Waals surface area contributed by atoms with Gasteiger partial charge in [0.15, 0.2) is 0 Å². The highest BCUT2D eigenvalue weighted by molar-refractivity contribution is 8.03. The number of carbonyl (C=O) groups excluding carboxylic acids is 1. The van der Waals surface area contributed by atoms with Crippen molar-refractivity contribution in [1.82, 2.24) is 0 Å². The summed E-state index contributed by atoms with van der Waals surface area (Å²) in [6, 6.07) is 6.11. The predicted molar refractivity (Wildman–Crippen MR) is 111 cm³/mol. The summed E-state index contributed by atoms with van der Waals surface area (Å²) in [5.41, 5.74) is 2.52. The molecule has 0 aliphatic carbocycles. The van der Waals surface area contributed by atoms with Crippen molar-refractivity contribution in [3.05, 3.63) is 34.4 Å². The maximum absolute atomic E-state index is 12.5. The maximum Gasteiger partial charge on any atom is 0.419 e. The monoisotopic (exact) mass is 365 g/mol. The lowest BCUT2D eigenvalue weighted by atomic mass is 10.2. The van der Waals surface area contributed by atoms with Gasteiger partial charge >= 0.3 is 6.09 Å². The maximum atomic E-state index is 12.5. The first-order valence-corrected chi connectivity index (χ1v) is 9.91. The number of hydrogen-bond donors (Lipinski definition) is 0. The first-order valence-electron chi connectivity index (χ1n) is 9.09. The van der Waals surface area contributed by atoms with E-state index in [0.717, 1.165) is 21.2 Å². The van der Waals surface area contributed by atoms with Crippen molar-refractivity contribution in [3.63, 3.8) is 0 Å². The highest BCUT2D eigenvalue weighted by Gasteiger charge is 2.30. The Labute approximate surface area is 158 Å². The number of fused-ring (bicyclic) bond motifs is 1. The summed E-state index contributed by atoms with van der Waals surface area (Å²) in [4.78, 5) is 16.4. The SMILES string of the molecule is CC.CC1=C(C)N(C(=O)OC(C)(C)C)c2ccc(C)cc2S1.CCC. The zero-order chi connectivity index (χ0) is 19.8. The molecule has 0 saturated carbocycles. The Balaban J connectivity index is 0.00000104. The van der Waals surface area contributed by atoms with Crippen LogP contribution in [0.5, 0.6) is 0 Å². The molecular formula is C21H35NO2S. The van der Waals surface area contributed by atoms with Gasteiger partial charge in [-0.15, -0.1) is 0 Å². The number of rotatable bonds is 0. The molecule has 1 aromatic rings. The third-order valence-electron chi connectivity index (χ3n) is 3.04. The molecule has 25 heavy (non-hydrogen) atoms. The largest absolute Gasteiger partial charge is 0.443 e. The first kappa shape index (κ1) is 23.6. The lowest BCUT2D eigenvalue weighted by molar-refractivity contribution is 0.0591. The molecule has 3 nitrogen and oxygen atoms in total. The van der Waals surface area contributed by atoms with Crippen molar-refractivity contribution in [1.29, 1.82) is 0 Å². The smallest absolute Gasteiger partial charge is 0.419 e. The van der Waals surface area contributed by atoms with Crippen LogP contribution in [0.15, 0.2) is 33.7 Å². The van der Waals surface area contributed by atoms with Crippen molar-refractivity contribution in [2.75, 3.05) is 4.90 Å². The highest BCUT2D eigenvalue weighted by atomic mass is 32.2. The molecule has 0 saturated heterocycles. The number of thioether (sulfide) groups is 1. The zero-order valence-electron chi connectivity index (χ0n) is 17.6. The van der Waals surface area contributed by atoms with Gasteiger partial charge in [0.2, 0.25) is 0 Å². The average Bonchev–Trinajstić information content (AvgIpc) is 2.49. The van der Waals surface area contributed by atoms with Gasteiger partial charge in [-0.1, -0.05) is 51.9 Å². The van der Waals surface area contributed by atoms with Crippen LogP contribution in [0.1, 0.15) is 74.3 Å². The molecule has 1 aliphatic heterocycles. The minimum Gasteiger partial charge on any atom is -0.443 e. The summed E-state index contributed by atoms with van der Waals surface area (Å²) in [6.45, 7) is 19.9. The third-order valence-corrected chi connectivity index (χ3v) is 4.19. The van der Waals surface area contributed by atoms with Crippen LogP contribution in [-0.4, -0.2) is 11.7 Å². The summed E-state index contributed by atoms with van der Waals surface area (Å²) < 4.78 is 5.53. The van der Waals surface area contributed by atoms with Crippen LogP contribution in [0.25, 0.3) is 0 Å². The molecule has 0 spiro atoms. The average molecular weight is 366 g/mol. The van der Waals surface area contributed by atoms with E-state index in [2.05, 4.69) is 26.8 Å². The van der Waals surface area contributed by atoms with Crippen LogP contribution in [0.2, 0.25) is 0 Å². The molecule has 1 aliphatic rings. The predicted octanol–water partition coefficient (Wildman–Crippen LogP) is 7.54. The molecule has 4 heteroatoms. The van der Waals surface area contributed by atoms with Gasteiger partial charge in [0.1, 0.15) is 5.60 Å². The van der Waals surface area contributed by atoms with Crippen molar-refractivity contribution in [2.45, 2.75) is 86.2 Å². The number of hydrogen-bond acceptors (Lipinski definition) is 3. The van der Waals surface area contributed by atoms with E-state index in [-0.39, 0.29) is 6.09 Å². The number of anilines is 1. The molecule has 142 valence electrons. The molecule has 0 aromatic heterocycles. The number of aryl methyl sites for hydroxylation is 1. The molecule has 1 aromatic carbocycles. The minimum atomic E-state index is -0.499. The van der Waals surface area contributed by atoms with E-state index in [1.807, 2.05) is 60.6 Å². The Morgan fingerprint density at radius 3 is 2.12 bits per heavy atom. The summed E-state index contributed by atoms with van der Waals surface area (Å²) >= 11 is 1.70. The molecule has 1 heterocycles. The summed E-state index contributed by atoms with van der Waals surface area (Å²) in [5, 5.41) is 0. The third kappa shape index (κ3) is 7.15. The highest BCUT2D eigenvalue weighted by Crippen LogP contribution is 2.43. The number of amides is 1. The van der Waals surface area contributed by atoms with E-state index in [0.29, 0.717) is 0 Å². The van der Waals surface area contributed by atoms with Gasteiger partial charge in [0.05, 0.1) is 5.69 Å². The Morgan fingerprint density at radius 2 is 1.64 bits per heavy atom. The lowest BCUT2D eigenvalue weighted by Gasteiger charge is -2.32. The van der Waals surface area contributed by atoms with Crippen molar-refractivity contribution < 1.29 is 9.53 Å². The minimum absolute atomic E-state index is 0.320. The van der Waals surface area contributed by atoms with Crippen LogP contribution in [0.4, 0.5) is 10.5 Å². The second-order valence-corrected chi connectivity index (χ2v) is 7.99. The van der Waals surface area contributed by atoms with Gasteiger partial charge in [-0.05, 0) is 59.2 Å². The standard InChI is InChI=1S/C16H21NO2S.C3H8.C2H6/c1-10-7-8-13-14(9-10)20-12(3)11(2)17(13)15(18)19-16(4,5)6;1-3-2;1-2/h7-9H,1-6H3;3H2,1-2H3;1-2H3. The fourth-order valence-electron chi connectivity index (χ4n) is 2.01. The molecule has 0 bridgehead atoms. The Kier molecular flexibility index (Phi) is 9.95. The van der Waals surface area contributed by atoms with Crippen molar-refractivity contribution in [3.8, 4) is 0 Å². The fourth-order valence-corrected chi connectivity index (χ4v) is 3.09. The second-order valence-electron chi connectivity index (χ2n) is 6.74. The van der Waals surface area contributed by atoms with Crippen LogP contribution in [0, 0.1) is 6.92 Å². The van der Waals surface area contributed by atoms with Crippen LogP contribution in [-0.2, 0) is 4.74 Å². The normalized spacial score (nSPS) is 13.1. The van der Waals surface area contributed by atoms with Crippen molar-refractivity contribution >= 4 is 23.5 Å². The Morgan fingerprint density at radius 1 is 1.12 bits per heavy atom. The second kappa shape index (κ2) is 10.5. The fraction of sp³-hybridized carbons (Fsp3) is 0.571. The zero-order valence-corrected chi connectivity index (χ0v) is 18.4. The van der Waals surface area contributed by atoms with Gasteiger partial charge in [-0.2, -0.15) is 0 Å². The summed E-state index contributed by atoms with van der Waals surface area (Å²) in [5.74, 6) is 0. The molecular weight excluding hydrogens is 330 g/mol. The van der Waals surface area contributed by atoms with Gasteiger partial charge in [0, 0.05) is 15.5 Å². The van der Waals surface area contributed by atoms with Gasteiger partial charge < -0.3 is 4.74 Å². The van der Waals surface area contributed by atoms with Gasteiger partial charge in [-0.3, -0.25) is 0 Å². The molecule has 0 unspecified atom stereocenters. The van der Waals surface area contributed by atoms with E-state index in [9.17, 15) is 4.79 Å². The van der Waals surface area contributed by atoms with Gasteiger partial charge in [0.25, 0.3) is 0 Å². The number of carbonyl (C=O) groups is 1. The van der Waals surface area contributed by atoms with E-state index in [1.54, 1.807) is 16.7 Å². The van der Waals surface area contributed by atoms with Crippen molar-refractivity contribution in [2.24, 2.45) is 0 Å². The summed E-state index contributed by atoms with van der Waals surface area (Å²) in [7, 11) is 0. The van der Waals surface area contributed by atoms with Crippen LogP contribution in [0.3, 0.4) is 0 Å². The molecule has 0 fully saturated rings. The molecule has 0 N–H and O–H groups in total. The molecule has 0 atom stereocenters. The van der Waals surface area contributed by atoms with Gasteiger partial charge in [-0.25, -0.2) is 9.69 Å². The van der Waals surface area contributed by atoms with E-state index >= 15 is 0 Å². The van der Waals surface area contributed by atoms with E-state index in [1.165, 1.54) is 12.0 Å².